The van der Waals surface area contributed by atoms with E-state index < -0.39 is 0 Å². The third kappa shape index (κ3) is 9.21. The summed E-state index contributed by atoms with van der Waals surface area (Å²) in [5, 5.41) is 3.59. The molecule has 0 saturated heterocycles. The number of benzene rings is 2. The predicted octanol–water partition coefficient (Wildman–Crippen LogP) is 6.64. The Kier molecular flexibility index (Phi) is 14.5. The Hall–Kier alpha value is 0.580. The molecule has 1 aliphatic rings. The summed E-state index contributed by atoms with van der Waals surface area (Å²) in [5.74, 6) is 0. The molecule has 0 fully saturated rings. The molecular weight excluding hydrogens is 729 g/mol. The number of rotatable bonds is 11. The van der Waals surface area contributed by atoms with Crippen molar-refractivity contribution in [3.63, 3.8) is 0 Å². The maximum atomic E-state index is 3.59. The van der Waals surface area contributed by atoms with E-state index in [1.54, 1.807) is 0 Å². The number of hydrogen-bond acceptors (Lipinski definition) is 3. The molecule has 2 aromatic rings. The van der Waals surface area contributed by atoms with Crippen LogP contribution in [-0.4, -0.2) is 13.1 Å². The van der Waals surface area contributed by atoms with E-state index in [0.717, 1.165) is 0 Å². The standard InChI is InChI=1S/C24H34N2S.I3/c1-3-5-7-11-17-26(18-12-8-6-4-2)20-15-16-22-24(19-20)27-23-14-10-9-13-21(23)25-22;1-3-2/h9-10,13-16,19,25H,3-8,11-12,17-18H2,1-2H3;/q;-1. The minimum atomic E-state index is 0.530. The number of para-hydroxylation sites is 1. The summed E-state index contributed by atoms with van der Waals surface area (Å²) in [6, 6.07) is 15.5. The SMILES string of the molecule is CCCCCCN(CCCCCC)c1ccc2c(c1)Sc1ccccc1N2.I[I-]I. The zero-order chi connectivity index (χ0) is 21.6. The van der Waals surface area contributed by atoms with Crippen molar-refractivity contribution < 1.29 is 13.3 Å². The van der Waals surface area contributed by atoms with Crippen LogP contribution in [0.25, 0.3) is 0 Å². The molecule has 0 radical (unpaired) electrons. The molecule has 0 atom stereocenters. The Balaban J connectivity index is 0.00000101. The fraction of sp³-hybridized carbons (Fsp3) is 0.500. The summed E-state index contributed by atoms with van der Waals surface area (Å²) in [6.07, 6.45) is 10.6. The number of hydrogen-bond donors (Lipinski definition) is 1. The van der Waals surface area contributed by atoms with Crippen molar-refractivity contribution in [2.24, 2.45) is 0 Å². The van der Waals surface area contributed by atoms with E-state index in [1.165, 1.54) is 91.3 Å². The van der Waals surface area contributed by atoms with Gasteiger partial charge >= 0.3 is 50.5 Å². The Morgan fingerprint density at radius 2 is 1.40 bits per heavy atom. The van der Waals surface area contributed by atoms with Gasteiger partial charge in [-0.15, -0.1) is 0 Å². The van der Waals surface area contributed by atoms with Crippen molar-refractivity contribution >= 4 is 66.1 Å². The summed E-state index contributed by atoms with van der Waals surface area (Å²) < 4.78 is 0. The van der Waals surface area contributed by atoms with Crippen molar-refractivity contribution in [3.8, 4) is 0 Å². The van der Waals surface area contributed by atoms with Crippen LogP contribution in [0.15, 0.2) is 52.3 Å². The second-order valence-electron chi connectivity index (χ2n) is 7.57. The van der Waals surface area contributed by atoms with Gasteiger partial charge in [0.15, 0.2) is 0 Å². The fourth-order valence-corrected chi connectivity index (χ4v) is 4.67. The van der Waals surface area contributed by atoms with Gasteiger partial charge in [0.05, 0.1) is 11.4 Å². The number of nitrogens with one attached hydrogen (secondary N) is 1. The van der Waals surface area contributed by atoms with Gasteiger partial charge < -0.3 is 10.2 Å². The Morgan fingerprint density at radius 1 is 0.800 bits per heavy atom. The monoisotopic (exact) mass is 763 g/mol. The van der Waals surface area contributed by atoms with Crippen LogP contribution in [0.5, 0.6) is 0 Å². The number of halogens is 3. The summed E-state index contributed by atoms with van der Waals surface area (Å²) in [7, 11) is 0. The van der Waals surface area contributed by atoms with Crippen LogP contribution in [0.2, 0.25) is 0 Å². The quantitative estimate of drug-likeness (QED) is 0.175. The van der Waals surface area contributed by atoms with Crippen molar-refractivity contribution in [1.82, 2.24) is 0 Å². The van der Waals surface area contributed by atoms with Gasteiger partial charge in [-0.25, -0.2) is 0 Å². The first-order chi connectivity index (χ1) is 14.7. The molecule has 0 saturated carbocycles. The average Bonchev–Trinajstić information content (AvgIpc) is 2.77. The van der Waals surface area contributed by atoms with E-state index in [1.807, 2.05) is 11.8 Å². The third-order valence-electron chi connectivity index (χ3n) is 5.27. The minimum absolute atomic E-state index is 0.530. The molecule has 2 aromatic carbocycles. The topological polar surface area (TPSA) is 15.3 Å². The van der Waals surface area contributed by atoms with E-state index in [2.05, 4.69) is 104 Å². The van der Waals surface area contributed by atoms with Gasteiger partial charge in [-0.3, -0.25) is 0 Å². The van der Waals surface area contributed by atoms with E-state index in [4.69, 9.17) is 0 Å². The Labute approximate surface area is 217 Å². The van der Waals surface area contributed by atoms with Gasteiger partial charge in [0, 0.05) is 28.6 Å². The molecule has 0 bridgehead atoms. The molecule has 0 unspecified atom stereocenters. The molecule has 0 spiro atoms. The number of anilines is 3. The summed E-state index contributed by atoms with van der Waals surface area (Å²) in [4.78, 5) is 5.28. The molecule has 1 N–H and O–H groups in total. The Morgan fingerprint density at radius 3 is 2.03 bits per heavy atom. The molecule has 1 aliphatic heterocycles. The summed E-state index contributed by atoms with van der Waals surface area (Å²) in [6.45, 7) is 6.93. The van der Waals surface area contributed by atoms with E-state index in [9.17, 15) is 0 Å². The van der Waals surface area contributed by atoms with Gasteiger partial charge in [0.25, 0.3) is 0 Å². The van der Waals surface area contributed by atoms with Crippen molar-refractivity contribution in [1.29, 1.82) is 0 Å². The third-order valence-corrected chi connectivity index (χ3v) is 6.40. The van der Waals surface area contributed by atoms with Crippen LogP contribution in [0.3, 0.4) is 0 Å². The normalized spacial score (nSPS) is 11.7. The summed E-state index contributed by atoms with van der Waals surface area (Å²) >= 11 is 7.19. The van der Waals surface area contributed by atoms with Crippen LogP contribution < -0.4 is 23.5 Å². The van der Waals surface area contributed by atoms with Gasteiger partial charge in [-0.2, -0.15) is 0 Å². The first-order valence-electron chi connectivity index (χ1n) is 11.0. The second kappa shape index (κ2) is 16.2. The average molecular weight is 763 g/mol. The summed E-state index contributed by atoms with van der Waals surface area (Å²) in [5.41, 5.74) is 3.84. The van der Waals surface area contributed by atoms with Crippen molar-refractivity contribution in [3.05, 3.63) is 42.5 Å². The zero-order valence-corrected chi connectivity index (χ0v) is 25.4. The van der Waals surface area contributed by atoms with Crippen LogP contribution in [0.1, 0.15) is 65.2 Å². The second-order valence-corrected chi connectivity index (χ2v) is 24.9. The van der Waals surface area contributed by atoms with E-state index >= 15 is 0 Å². The first kappa shape index (κ1) is 26.8. The van der Waals surface area contributed by atoms with Crippen molar-refractivity contribution in [2.75, 3.05) is 23.3 Å². The number of nitrogens with zero attached hydrogens (tertiary/aromatic N) is 1. The molecule has 0 aliphatic carbocycles. The number of unbranched alkanes of at least 4 members (excludes halogenated alkanes) is 6. The molecule has 0 aromatic heterocycles. The predicted molar refractivity (Wildman–Crippen MR) is 149 cm³/mol. The van der Waals surface area contributed by atoms with Crippen LogP contribution in [-0.2, 0) is 0 Å². The molecule has 3 rings (SSSR count). The van der Waals surface area contributed by atoms with Crippen LogP contribution in [0, 0.1) is 0 Å². The van der Waals surface area contributed by atoms with Crippen LogP contribution >= 0.6 is 49.0 Å². The molecule has 168 valence electrons. The first-order valence-corrected chi connectivity index (χ1v) is 24.4. The van der Waals surface area contributed by atoms with Gasteiger partial charge in [-0.1, -0.05) is 76.3 Å². The zero-order valence-electron chi connectivity index (χ0n) is 18.1. The van der Waals surface area contributed by atoms with Gasteiger partial charge in [-0.05, 0) is 43.2 Å². The number of fused-ring (bicyclic) bond motifs is 2. The maximum absolute atomic E-state index is 3.59. The molecule has 6 heteroatoms. The molecule has 0 amide bonds. The van der Waals surface area contributed by atoms with Gasteiger partial charge in [0.2, 0.25) is 0 Å². The molecule has 2 nitrogen and oxygen atoms in total. The fourth-order valence-electron chi connectivity index (χ4n) is 3.65. The van der Waals surface area contributed by atoms with E-state index in [-0.39, 0.29) is 0 Å². The Bertz CT molecular complexity index is 730. The van der Waals surface area contributed by atoms with Crippen molar-refractivity contribution in [2.45, 2.75) is 75.0 Å². The molecule has 1 heterocycles. The van der Waals surface area contributed by atoms with Crippen LogP contribution in [0.4, 0.5) is 17.1 Å². The molecular formula is C24H34I3N2S-. The van der Waals surface area contributed by atoms with E-state index in [0.29, 0.717) is 13.3 Å². The molecule has 30 heavy (non-hydrogen) atoms. The van der Waals surface area contributed by atoms with Gasteiger partial charge in [0.1, 0.15) is 0 Å².